The van der Waals surface area contributed by atoms with Gasteiger partial charge in [0.05, 0.1) is 5.56 Å². The fraction of sp³-hybridized carbons (Fsp3) is 0.286. The van der Waals surface area contributed by atoms with E-state index in [1.807, 2.05) is 0 Å². The number of benzene rings is 1. The molecule has 0 aliphatic heterocycles. The first-order valence-electron chi connectivity index (χ1n) is 6.03. The summed E-state index contributed by atoms with van der Waals surface area (Å²) in [6.45, 7) is 4.60. The van der Waals surface area contributed by atoms with Gasteiger partial charge in [-0.15, -0.1) is 0 Å². The Labute approximate surface area is 114 Å². The summed E-state index contributed by atoms with van der Waals surface area (Å²) in [5.74, 6) is -0.737. The molecule has 0 bridgehead atoms. The van der Waals surface area contributed by atoms with E-state index >= 15 is 0 Å². The summed E-state index contributed by atoms with van der Waals surface area (Å²) in [6.07, 6.45) is 0. The number of halogens is 2. The summed E-state index contributed by atoms with van der Waals surface area (Å²) in [5.41, 5.74) is 0.554. The number of nitrogens with one attached hydrogen (secondary N) is 1. The number of ether oxygens (including phenoxy) is 1. The number of aromatic amines is 1. The lowest BCUT2D eigenvalue weighted by molar-refractivity contribution is 0.283. The van der Waals surface area contributed by atoms with Crippen molar-refractivity contribution in [3.63, 3.8) is 0 Å². The second-order valence-electron chi connectivity index (χ2n) is 4.56. The van der Waals surface area contributed by atoms with E-state index in [4.69, 9.17) is 4.74 Å². The van der Waals surface area contributed by atoms with Crippen molar-refractivity contribution in [2.75, 3.05) is 0 Å². The van der Waals surface area contributed by atoms with Crippen molar-refractivity contribution in [3.05, 3.63) is 56.6 Å². The Morgan fingerprint density at radius 2 is 1.90 bits per heavy atom. The first-order chi connectivity index (χ1) is 9.38. The average molecular weight is 280 g/mol. The van der Waals surface area contributed by atoms with Gasteiger partial charge in [0.1, 0.15) is 24.1 Å². The number of hydrogen-bond donors (Lipinski definition) is 1. The van der Waals surface area contributed by atoms with E-state index in [-0.39, 0.29) is 23.6 Å². The lowest BCUT2D eigenvalue weighted by Crippen LogP contribution is -2.15. The maximum Gasteiger partial charge on any atom is 0.257 e. The molecule has 0 fully saturated rings. The average Bonchev–Trinajstić information content (AvgIpc) is 2.37. The van der Waals surface area contributed by atoms with Crippen LogP contribution in [0.15, 0.2) is 16.9 Å². The molecule has 0 atom stereocenters. The van der Waals surface area contributed by atoms with E-state index in [0.717, 1.165) is 6.07 Å². The van der Waals surface area contributed by atoms with Crippen LogP contribution in [0.3, 0.4) is 0 Å². The topological polar surface area (TPSA) is 55.0 Å². The molecular formula is C14H14F2N2O2. The molecule has 4 nitrogen and oxygen atoms in total. The van der Waals surface area contributed by atoms with E-state index in [9.17, 15) is 13.6 Å². The third-order valence-electron chi connectivity index (χ3n) is 2.92. The number of rotatable bonds is 3. The van der Waals surface area contributed by atoms with Crippen molar-refractivity contribution < 1.29 is 13.5 Å². The van der Waals surface area contributed by atoms with Crippen LogP contribution in [0.4, 0.5) is 8.78 Å². The molecule has 2 aromatic rings. The van der Waals surface area contributed by atoms with Gasteiger partial charge in [0.15, 0.2) is 0 Å². The van der Waals surface area contributed by atoms with Gasteiger partial charge >= 0.3 is 0 Å². The van der Waals surface area contributed by atoms with E-state index < -0.39 is 11.6 Å². The quantitative estimate of drug-likeness (QED) is 0.940. The maximum absolute atomic E-state index is 13.6. The third kappa shape index (κ3) is 2.84. The van der Waals surface area contributed by atoms with Crippen LogP contribution >= 0.6 is 0 Å². The molecular weight excluding hydrogens is 266 g/mol. The molecule has 20 heavy (non-hydrogen) atoms. The van der Waals surface area contributed by atoms with Gasteiger partial charge in [-0.25, -0.2) is 13.8 Å². The van der Waals surface area contributed by atoms with Gasteiger partial charge in [-0.2, -0.15) is 0 Å². The Balaban J connectivity index is 2.25. The lowest BCUT2D eigenvalue weighted by Gasteiger charge is -2.10. The Bertz CT molecular complexity index is 711. The zero-order valence-corrected chi connectivity index (χ0v) is 11.4. The molecule has 0 saturated carbocycles. The van der Waals surface area contributed by atoms with Gasteiger partial charge in [-0.05, 0) is 32.4 Å². The van der Waals surface area contributed by atoms with Crippen LogP contribution in [-0.2, 0) is 6.61 Å². The lowest BCUT2D eigenvalue weighted by atomic mass is 10.1. The fourth-order valence-corrected chi connectivity index (χ4v) is 1.73. The zero-order valence-electron chi connectivity index (χ0n) is 11.4. The molecule has 1 N–H and O–H groups in total. The molecule has 106 valence electrons. The van der Waals surface area contributed by atoms with Crippen LogP contribution in [0.1, 0.15) is 22.5 Å². The van der Waals surface area contributed by atoms with Gasteiger partial charge in [0.2, 0.25) is 5.88 Å². The van der Waals surface area contributed by atoms with Crippen molar-refractivity contribution in [2.45, 2.75) is 27.4 Å². The SMILES string of the molecule is Cc1nc(OCc2cc(C)c(F)cc2F)c(C)c(=O)[nH]1. The van der Waals surface area contributed by atoms with Gasteiger partial charge in [0.25, 0.3) is 5.56 Å². The summed E-state index contributed by atoms with van der Waals surface area (Å²) in [7, 11) is 0. The molecule has 0 saturated heterocycles. The zero-order chi connectivity index (χ0) is 14.9. The molecule has 0 spiro atoms. The van der Waals surface area contributed by atoms with Gasteiger partial charge in [-0.3, -0.25) is 4.79 Å². The van der Waals surface area contributed by atoms with E-state index in [1.165, 1.54) is 6.07 Å². The van der Waals surface area contributed by atoms with Crippen molar-refractivity contribution in [2.24, 2.45) is 0 Å². The second-order valence-corrected chi connectivity index (χ2v) is 4.56. The van der Waals surface area contributed by atoms with Crippen molar-refractivity contribution in [3.8, 4) is 5.88 Å². The minimum Gasteiger partial charge on any atom is -0.472 e. The highest BCUT2D eigenvalue weighted by atomic mass is 19.1. The predicted molar refractivity (Wildman–Crippen MR) is 69.8 cm³/mol. The van der Waals surface area contributed by atoms with E-state index in [1.54, 1.807) is 20.8 Å². The molecule has 1 heterocycles. The summed E-state index contributed by atoms with van der Waals surface area (Å²) in [6, 6.07) is 2.19. The molecule has 0 aliphatic carbocycles. The first-order valence-corrected chi connectivity index (χ1v) is 6.03. The van der Waals surface area contributed by atoms with Crippen LogP contribution < -0.4 is 10.3 Å². The summed E-state index contributed by atoms with van der Waals surface area (Å²) < 4.78 is 32.1. The first kappa shape index (κ1) is 14.2. The van der Waals surface area contributed by atoms with Gasteiger partial charge in [-0.1, -0.05) is 0 Å². The Morgan fingerprint density at radius 1 is 1.20 bits per heavy atom. The molecule has 2 rings (SSSR count). The van der Waals surface area contributed by atoms with Gasteiger partial charge < -0.3 is 9.72 Å². The highest BCUT2D eigenvalue weighted by molar-refractivity contribution is 5.27. The van der Waals surface area contributed by atoms with E-state index in [0.29, 0.717) is 17.0 Å². The smallest absolute Gasteiger partial charge is 0.257 e. The van der Waals surface area contributed by atoms with Crippen LogP contribution in [0, 0.1) is 32.4 Å². The van der Waals surface area contributed by atoms with Crippen molar-refractivity contribution in [1.29, 1.82) is 0 Å². The second kappa shape index (κ2) is 5.40. The fourth-order valence-electron chi connectivity index (χ4n) is 1.73. The summed E-state index contributed by atoms with van der Waals surface area (Å²) >= 11 is 0. The van der Waals surface area contributed by atoms with Crippen molar-refractivity contribution in [1.82, 2.24) is 9.97 Å². The summed E-state index contributed by atoms with van der Waals surface area (Å²) in [4.78, 5) is 18.1. The highest BCUT2D eigenvalue weighted by Crippen LogP contribution is 2.17. The maximum atomic E-state index is 13.6. The number of hydrogen-bond acceptors (Lipinski definition) is 3. The van der Waals surface area contributed by atoms with Crippen LogP contribution in [0.2, 0.25) is 0 Å². The number of aryl methyl sites for hydroxylation is 2. The molecule has 1 aromatic heterocycles. The minimum absolute atomic E-state index is 0.121. The standard InChI is InChI=1S/C14H14F2N2O2/c1-7-4-10(12(16)5-11(7)15)6-20-14-8(2)13(19)17-9(3)18-14/h4-5H,6H2,1-3H3,(H,17,18,19). The number of nitrogens with zero attached hydrogens (tertiary/aromatic N) is 1. The monoisotopic (exact) mass is 280 g/mol. The molecule has 0 unspecified atom stereocenters. The minimum atomic E-state index is -0.688. The largest absolute Gasteiger partial charge is 0.472 e. The predicted octanol–water partition coefficient (Wildman–Crippen LogP) is 2.55. The van der Waals surface area contributed by atoms with Crippen molar-refractivity contribution >= 4 is 0 Å². The van der Waals surface area contributed by atoms with Crippen LogP contribution in [0.5, 0.6) is 5.88 Å². The number of aromatic nitrogens is 2. The normalized spacial score (nSPS) is 10.7. The van der Waals surface area contributed by atoms with E-state index in [2.05, 4.69) is 9.97 Å². The highest BCUT2D eigenvalue weighted by Gasteiger charge is 2.11. The van der Waals surface area contributed by atoms with Crippen LogP contribution in [-0.4, -0.2) is 9.97 Å². The number of H-pyrrole nitrogens is 1. The molecule has 0 radical (unpaired) electrons. The molecule has 0 aliphatic rings. The molecule has 0 amide bonds. The Morgan fingerprint density at radius 3 is 2.60 bits per heavy atom. The Kier molecular flexibility index (Phi) is 3.83. The molecule has 6 heteroatoms. The molecule has 1 aromatic carbocycles. The Hall–Kier alpha value is -2.24. The summed E-state index contributed by atoms with van der Waals surface area (Å²) in [5, 5.41) is 0. The van der Waals surface area contributed by atoms with Crippen LogP contribution in [0.25, 0.3) is 0 Å². The third-order valence-corrected chi connectivity index (χ3v) is 2.92. The van der Waals surface area contributed by atoms with Gasteiger partial charge in [0, 0.05) is 11.6 Å².